The van der Waals surface area contributed by atoms with E-state index in [4.69, 9.17) is 4.74 Å². The molecule has 7 nitrogen and oxygen atoms in total. The van der Waals surface area contributed by atoms with Crippen molar-refractivity contribution >= 4 is 22.4 Å². The summed E-state index contributed by atoms with van der Waals surface area (Å²) < 4.78 is 7.22. The maximum absolute atomic E-state index is 11.8. The quantitative estimate of drug-likeness (QED) is 0.746. The molecule has 4 rings (SSSR count). The second kappa shape index (κ2) is 7.75. The van der Waals surface area contributed by atoms with Gasteiger partial charge in [0.15, 0.2) is 0 Å². The van der Waals surface area contributed by atoms with Gasteiger partial charge in [0.25, 0.3) is 5.56 Å². The fourth-order valence-corrected chi connectivity index (χ4v) is 3.29. The van der Waals surface area contributed by atoms with Crippen molar-refractivity contribution in [2.75, 3.05) is 36.5 Å². The molecule has 7 heteroatoms. The number of hydrogen-bond acceptors (Lipinski definition) is 6. The predicted molar refractivity (Wildman–Crippen MR) is 106 cm³/mol. The molecule has 27 heavy (non-hydrogen) atoms. The molecule has 0 radical (unpaired) electrons. The van der Waals surface area contributed by atoms with Gasteiger partial charge in [-0.1, -0.05) is 18.2 Å². The van der Waals surface area contributed by atoms with Crippen LogP contribution in [0.15, 0.2) is 53.5 Å². The number of para-hydroxylation sites is 1. The SMILES string of the molecule is Cn1ncc(N2CCO[C@H](CCNc3ccc4ccccc4n3)C2)cc1=O. The van der Waals surface area contributed by atoms with E-state index in [1.807, 2.05) is 24.3 Å². The summed E-state index contributed by atoms with van der Waals surface area (Å²) in [5, 5.41) is 8.62. The van der Waals surface area contributed by atoms with Crippen LogP contribution in [0.5, 0.6) is 0 Å². The Morgan fingerprint density at radius 3 is 3.04 bits per heavy atom. The number of morpholine rings is 1. The van der Waals surface area contributed by atoms with E-state index in [-0.39, 0.29) is 11.7 Å². The van der Waals surface area contributed by atoms with Crippen LogP contribution in [0.4, 0.5) is 11.5 Å². The Morgan fingerprint density at radius 2 is 2.15 bits per heavy atom. The van der Waals surface area contributed by atoms with Gasteiger partial charge in [-0.15, -0.1) is 0 Å². The van der Waals surface area contributed by atoms with E-state index in [2.05, 4.69) is 32.4 Å². The van der Waals surface area contributed by atoms with Crippen molar-refractivity contribution in [1.82, 2.24) is 14.8 Å². The molecule has 1 aromatic carbocycles. The molecule has 140 valence electrons. The van der Waals surface area contributed by atoms with E-state index in [1.54, 1.807) is 19.3 Å². The lowest BCUT2D eigenvalue weighted by Gasteiger charge is -2.34. The van der Waals surface area contributed by atoms with Crippen molar-refractivity contribution in [2.45, 2.75) is 12.5 Å². The predicted octanol–water partition coefficient (Wildman–Crippen LogP) is 2.04. The summed E-state index contributed by atoms with van der Waals surface area (Å²) in [6.45, 7) is 2.94. The van der Waals surface area contributed by atoms with Crippen LogP contribution in [0.3, 0.4) is 0 Å². The molecule has 1 aliphatic rings. The van der Waals surface area contributed by atoms with E-state index >= 15 is 0 Å². The smallest absolute Gasteiger partial charge is 0.268 e. The summed E-state index contributed by atoms with van der Waals surface area (Å²) >= 11 is 0. The molecule has 1 N–H and O–H groups in total. The van der Waals surface area contributed by atoms with Gasteiger partial charge in [-0.25, -0.2) is 9.67 Å². The van der Waals surface area contributed by atoms with Crippen molar-refractivity contribution in [3.63, 3.8) is 0 Å². The highest BCUT2D eigenvalue weighted by molar-refractivity contribution is 5.80. The van der Waals surface area contributed by atoms with Crippen LogP contribution in [0.2, 0.25) is 0 Å². The summed E-state index contributed by atoms with van der Waals surface area (Å²) in [4.78, 5) is 18.6. The van der Waals surface area contributed by atoms with Crippen LogP contribution >= 0.6 is 0 Å². The molecule has 1 aliphatic heterocycles. The average Bonchev–Trinajstić information content (AvgIpc) is 2.70. The molecule has 1 saturated heterocycles. The lowest BCUT2D eigenvalue weighted by atomic mass is 10.2. The van der Waals surface area contributed by atoms with E-state index in [0.29, 0.717) is 6.61 Å². The molecule has 3 aromatic rings. The van der Waals surface area contributed by atoms with Gasteiger partial charge in [-0.3, -0.25) is 4.79 Å². The van der Waals surface area contributed by atoms with Crippen molar-refractivity contribution in [3.8, 4) is 0 Å². The maximum atomic E-state index is 11.8. The molecule has 1 atom stereocenters. The third kappa shape index (κ3) is 4.09. The number of aryl methyl sites for hydroxylation is 1. The number of aromatic nitrogens is 3. The molecule has 0 amide bonds. The Labute approximate surface area is 157 Å². The number of anilines is 2. The lowest BCUT2D eigenvalue weighted by molar-refractivity contribution is 0.0374. The Kier molecular flexibility index (Phi) is 5.02. The average molecular weight is 365 g/mol. The Bertz CT molecular complexity index is 987. The first kappa shape index (κ1) is 17.5. The number of fused-ring (bicyclic) bond motifs is 1. The molecule has 1 fully saturated rings. The number of hydrogen-bond donors (Lipinski definition) is 1. The molecular weight excluding hydrogens is 342 g/mol. The molecule has 3 heterocycles. The van der Waals surface area contributed by atoms with Gasteiger partial charge in [0.05, 0.1) is 30.1 Å². The summed E-state index contributed by atoms with van der Waals surface area (Å²) in [5.74, 6) is 0.872. The lowest BCUT2D eigenvalue weighted by Crippen LogP contribution is -2.43. The largest absolute Gasteiger partial charge is 0.374 e. The molecular formula is C20H23N5O2. The molecule has 0 saturated carbocycles. The van der Waals surface area contributed by atoms with Gasteiger partial charge in [-0.05, 0) is 24.6 Å². The van der Waals surface area contributed by atoms with Gasteiger partial charge >= 0.3 is 0 Å². The zero-order chi connectivity index (χ0) is 18.6. The molecule has 0 unspecified atom stereocenters. The zero-order valence-corrected chi connectivity index (χ0v) is 15.3. The summed E-state index contributed by atoms with van der Waals surface area (Å²) in [6, 6.07) is 13.8. The van der Waals surface area contributed by atoms with Gasteiger partial charge in [0, 0.05) is 38.1 Å². The minimum atomic E-state index is -0.0976. The summed E-state index contributed by atoms with van der Waals surface area (Å²) in [5.41, 5.74) is 1.75. The van der Waals surface area contributed by atoms with Crippen molar-refractivity contribution in [3.05, 3.63) is 59.0 Å². The Balaban J connectivity index is 1.33. The first-order valence-electron chi connectivity index (χ1n) is 9.18. The normalized spacial score (nSPS) is 17.2. The standard InChI is InChI=1S/C20H23N5O2/c1-24-20(26)12-16(13-22-24)25-10-11-27-17(14-25)8-9-21-19-7-6-15-4-2-3-5-18(15)23-19/h2-7,12-13,17H,8-11,14H2,1H3,(H,21,23)/t17-/m1/s1. The number of pyridine rings is 1. The van der Waals surface area contributed by atoms with Gasteiger partial charge in [0.1, 0.15) is 5.82 Å². The van der Waals surface area contributed by atoms with Crippen LogP contribution in [0.25, 0.3) is 10.9 Å². The van der Waals surface area contributed by atoms with E-state index in [0.717, 1.165) is 48.5 Å². The van der Waals surface area contributed by atoms with Crippen molar-refractivity contribution in [1.29, 1.82) is 0 Å². The number of ether oxygens (including phenoxy) is 1. The number of benzene rings is 1. The Morgan fingerprint density at radius 1 is 1.26 bits per heavy atom. The van der Waals surface area contributed by atoms with Crippen molar-refractivity contribution < 1.29 is 4.74 Å². The van der Waals surface area contributed by atoms with Crippen molar-refractivity contribution in [2.24, 2.45) is 7.05 Å². The van der Waals surface area contributed by atoms with E-state index in [1.165, 1.54) is 4.68 Å². The second-order valence-corrected chi connectivity index (χ2v) is 6.72. The van der Waals surface area contributed by atoms with Crippen LogP contribution < -0.4 is 15.8 Å². The first-order chi connectivity index (χ1) is 13.2. The minimum Gasteiger partial charge on any atom is -0.374 e. The molecule has 0 spiro atoms. The summed E-state index contributed by atoms with van der Waals surface area (Å²) in [7, 11) is 1.65. The van der Waals surface area contributed by atoms with Gasteiger partial charge < -0.3 is 15.0 Å². The maximum Gasteiger partial charge on any atom is 0.268 e. The summed E-state index contributed by atoms with van der Waals surface area (Å²) in [6.07, 6.45) is 2.71. The molecule has 2 aromatic heterocycles. The Hall–Kier alpha value is -2.93. The second-order valence-electron chi connectivity index (χ2n) is 6.72. The van der Waals surface area contributed by atoms with E-state index in [9.17, 15) is 4.79 Å². The van der Waals surface area contributed by atoms with Crippen LogP contribution in [0, 0.1) is 0 Å². The minimum absolute atomic E-state index is 0.0976. The third-order valence-corrected chi connectivity index (χ3v) is 4.83. The highest BCUT2D eigenvalue weighted by Crippen LogP contribution is 2.17. The van der Waals surface area contributed by atoms with Gasteiger partial charge in [-0.2, -0.15) is 5.10 Å². The van der Waals surface area contributed by atoms with Crippen LogP contribution in [-0.2, 0) is 11.8 Å². The first-order valence-corrected chi connectivity index (χ1v) is 9.18. The highest BCUT2D eigenvalue weighted by atomic mass is 16.5. The molecule has 0 aliphatic carbocycles. The molecule has 0 bridgehead atoms. The van der Waals surface area contributed by atoms with Gasteiger partial charge in [0.2, 0.25) is 0 Å². The topological polar surface area (TPSA) is 72.3 Å². The number of nitrogens with one attached hydrogen (secondary N) is 1. The van der Waals surface area contributed by atoms with Crippen LogP contribution in [-0.4, -0.2) is 47.1 Å². The number of rotatable bonds is 5. The zero-order valence-electron chi connectivity index (χ0n) is 15.3. The van der Waals surface area contributed by atoms with Crippen LogP contribution in [0.1, 0.15) is 6.42 Å². The fourth-order valence-electron chi connectivity index (χ4n) is 3.29. The van der Waals surface area contributed by atoms with E-state index < -0.39 is 0 Å². The fraction of sp³-hybridized carbons (Fsp3) is 0.350. The monoisotopic (exact) mass is 365 g/mol. The third-order valence-electron chi connectivity index (χ3n) is 4.83. The number of nitrogens with zero attached hydrogens (tertiary/aromatic N) is 4. The highest BCUT2D eigenvalue weighted by Gasteiger charge is 2.21.